The molecule has 1 amide bonds. The van der Waals surface area contributed by atoms with Crippen LogP contribution in [0.5, 0.6) is 0 Å². The van der Waals surface area contributed by atoms with Gasteiger partial charge in [-0.15, -0.1) is 0 Å². The number of halogens is 1. The maximum Gasteiger partial charge on any atom is 0.243 e. The molecule has 5 nitrogen and oxygen atoms in total. The first-order chi connectivity index (χ1) is 9.68. The molecule has 0 atom stereocenters. The van der Waals surface area contributed by atoms with Gasteiger partial charge in [-0.2, -0.15) is 4.31 Å². The molecule has 0 spiro atoms. The van der Waals surface area contributed by atoms with Crippen molar-refractivity contribution in [2.75, 3.05) is 13.1 Å². The Bertz CT molecular complexity index is 615. The van der Waals surface area contributed by atoms with Crippen LogP contribution >= 0.6 is 0 Å². The highest BCUT2D eigenvalue weighted by Crippen LogP contribution is 2.18. The molecule has 118 valence electrons. The highest BCUT2D eigenvalue weighted by atomic mass is 32.2. The second-order valence-corrected chi connectivity index (χ2v) is 7.00. The molecule has 0 saturated heterocycles. The molecule has 0 bridgehead atoms. The number of aryl methyl sites for hydroxylation is 1. The van der Waals surface area contributed by atoms with Crippen molar-refractivity contribution in [1.82, 2.24) is 9.62 Å². The molecule has 0 aliphatic carbocycles. The normalized spacial score (nSPS) is 12.0. The second-order valence-electron chi connectivity index (χ2n) is 5.06. The molecule has 7 heteroatoms. The average Bonchev–Trinajstić information content (AvgIpc) is 2.37. The van der Waals surface area contributed by atoms with E-state index < -0.39 is 15.8 Å². The summed E-state index contributed by atoms with van der Waals surface area (Å²) in [5, 5.41) is 2.63. The molecule has 0 fully saturated rings. The van der Waals surface area contributed by atoms with E-state index in [1.165, 1.54) is 12.1 Å². The fourth-order valence-corrected chi connectivity index (χ4v) is 3.20. The second kappa shape index (κ2) is 7.00. The topological polar surface area (TPSA) is 66.5 Å². The Balaban J connectivity index is 3.02. The molecule has 0 aliphatic heterocycles. The lowest BCUT2D eigenvalue weighted by Crippen LogP contribution is -2.42. The van der Waals surface area contributed by atoms with Gasteiger partial charge in [0.15, 0.2) is 0 Å². The van der Waals surface area contributed by atoms with E-state index in [2.05, 4.69) is 5.32 Å². The number of rotatable bonds is 6. The van der Waals surface area contributed by atoms with Crippen LogP contribution in [-0.2, 0) is 14.8 Å². The lowest BCUT2D eigenvalue weighted by atomic mass is 10.2. The van der Waals surface area contributed by atoms with Crippen LogP contribution < -0.4 is 5.32 Å². The summed E-state index contributed by atoms with van der Waals surface area (Å²) in [6.45, 7) is 6.61. The Morgan fingerprint density at radius 2 is 2.00 bits per heavy atom. The molecule has 0 radical (unpaired) electrons. The third kappa shape index (κ3) is 4.50. The number of benzene rings is 1. The lowest BCUT2D eigenvalue weighted by Gasteiger charge is -2.21. The van der Waals surface area contributed by atoms with Crippen molar-refractivity contribution < 1.29 is 17.6 Å². The van der Waals surface area contributed by atoms with Gasteiger partial charge < -0.3 is 5.32 Å². The first-order valence-corrected chi connectivity index (χ1v) is 8.18. The molecule has 0 saturated carbocycles. The number of nitrogens with zero attached hydrogens (tertiary/aromatic N) is 1. The number of sulfonamides is 1. The number of hydrogen-bond donors (Lipinski definition) is 1. The summed E-state index contributed by atoms with van der Waals surface area (Å²) in [5.41, 5.74) is 0.370. The zero-order valence-corrected chi connectivity index (χ0v) is 13.5. The zero-order chi connectivity index (χ0) is 16.2. The number of likely N-dealkylation sites (N-methyl/N-ethyl adjacent to an activating group) is 1. The molecule has 1 N–H and O–H groups in total. The van der Waals surface area contributed by atoms with Crippen LogP contribution in [0.15, 0.2) is 23.1 Å². The van der Waals surface area contributed by atoms with Gasteiger partial charge in [-0.25, -0.2) is 12.8 Å². The number of nitrogens with one attached hydrogen (secondary N) is 1. The molecular formula is C14H21FN2O3S. The van der Waals surface area contributed by atoms with Crippen LogP contribution in [0.3, 0.4) is 0 Å². The zero-order valence-electron chi connectivity index (χ0n) is 12.7. The van der Waals surface area contributed by atoms with Gasteiger partial charge in [-0.3, -0.25) is 4.79 Å². The van der Waals surface area contributed by atoms with Gasteiger partial charge in [0.2, 0.25) is 15.9 Å². The van der Waals surface area contributed by atoms with Gasteiger partial charge in [0.05, 0.1) is 11.4 Å². The maximum absolute atomic E-state index is 13.5. The van der Waals surface area contributed by atoms with Crippen molar-refractivity contribution in [2.24, 2.45) is 0 Å². The Morgan fingerprint density at radius 1 is 1.38 bits per heavy atom. The van der Waals surface area contributed by atoms with E-state index in [1.807, 2.05) is 0 Å². The molecule has 1 rings (SSSR count). The molecule has 21 heavy (non-hydrogen) atoms. The summed E-state index contributed by atoms with van der Waals surface area (Å²) in [5.74, 6) is -0.971. The van der Waals surface area contributed by atoms with Gasteiger partial charge in [0, 0.05) is 12.6 Å². The number of amides is 1. The van der Waals surface area contributed by atoms with Crippen molar-refractivity contribution in [3.8, 4) is 0 Å². The minimum absolute atomic E-state index is 0.0734. The van der Waals surface area contributed by atoms with Crippen molar-refractivity contribution in [2.45, 2.75) is 38.6 Å². The molecule has 0 unspecified atom stereocenters. The number of carbonyl (C=O) groups is 1. The molecular weight excluding hydrogens is 295 g/mol. The quantitative estimate of drug-likeness (QED) is 0.868. The summed E-state index contributed by atoms with van der Waals surface area (Å²) in [7, 11) is -3.89. The lowest BCUT2D eigenvalue weighted by molar-refractivity contribution is -0.121. The fourth-order valence-electron chi connectivity index (χ4n) is 1.78. The highest BCUT2D eigenvalue weighted by molar-refractivity contribution is 7.89. The van der Waals surface area contributed by atoms with E-state index >= 15 is 0 Å². The summed E-state index contributed by atoms with van der Waals surface area (Å²) in [6.07, 6.45) is 0. The molecule has 0 aromatic heterocycles. The van der Waals surface area contributed by atoms with E-state index in [4.69, 9.17) is 0 Å². The van der Waals surface area contributed by atoms with Crippen molar-refractivity contribution in [3.05, 3.63) is 29.6 Å². The predicted octanol–water partition coefficient (Wildman–Crippen LogP) is 1.67. The Hall–Kier alpha value is -1.47. The highest BCUT2D eigenvalue weighted by Gasteiger charge is 2.26. The summed E-state index contributed by atoms with van der Waals surface area (Å²) >= 11 is 0. The minimum Gasteiger partial charge on any atom is -0.353 e. The van der Waals surface area contributed by atoms with E-state index in [-0.39, 0.29) is 29.9 Å². The van der Waals surface area contributed by atoms with Crippen LogP contribution in [0, 0.1) is 12.7 Å². The summed E-state index contributed by atoms with van der Waals surface area (Å²) in [6, 6.07) is 3.66. The van der Waals surface area contributed by atoms with Crippen LogP contribution in [0.4, 0.5) is 4.39 Å². The largest absolute Gasteiger partial charge is 0.353 e. The number of carbonyl (C=O) groups excluding carboxylic acids is 1. The number of hydrogen-bond acceptors (Lipinski definition) is 3. The van der Waals surface area contributed by atoms with Crippen LogP contribution in [0.1, 0.15) is 26.3 Å². The van der Waals surface area contributed by atoms with Gasteiger partial charge in [0.1, 0.15) is 5.82 Å². The van der Waals surface area contributed by atoms with E-state index in [0.29, 0.717) is 5.56 Å². The van der Waals surface area contributed by atoms with Gasteiger partial charge in [-0.1, -0.05) is 13.0 Å². The fraction of sp³-hybridized carbons (Fsp3) is 0.500. The monoisotopic (exact) mass is 316 g/mol. The third-order valence-electron chi connectivity index (χ3n) is 2.90. The first-order valence-electron chi connectivity index (χ1n) is 6.74. The Kier molecular flexibility index (Phi) is 5.86. The summed E-state index contributed by atoms with van der Waals surface area (Å²) < 4.78 is 39.4. The Labute approximate surface area is 125 Å². The van der Waals surface area contributed by atoms with Gasteiger partial charge in [0.25, 0.3) is 0 Å². The van der Waals surface area contributed by atoms with Crippen LogP contribution in [0.25, 0.3) is 0 Å². The van der Waals surface area contributed by atoms with Gasteiger partial charge >= 0.3 is 0 Å². The molecule has 1 aromatic carbocycles. The van der Waals surface area contributed by atoms with E-state index in [9.17, 15) is 17.6 Å². The minimum atomic E-state index is -3.89. The standard InChI is InChI=1S/C14H21FN2O3S/c1-5-17(9-14(18)16-10(2)3)21(19,20)12-7-6-11(4)13(15)8-12/h6-8,10H,5,9H2,1-4H3,(H,16,18). The summed E-state index contributed by atoms with van der Waals surface area (Å²) in [4.78, 5) is 11.6. The van der Waals surface area contributed by atoms with Crippen LogP contribution in [-0.4, -0.2) is 37.8 Å². The third-order valence-corrected chi connectivity index (χ3v) is 4.82. The van der Waals surface area contributed by atoms with Crippen molar-refractivity contribution >= 4 is 15.9 Å². The molecule has 0 heterocycles. The first kappa shape index (κ1) is 17.6. The van der Waals surface area contributed by atoms with Crippen molar-refractivity contribution in [3.63, 3.8) is 0 Å². The SMILES string of the molecule is CCN(CC(=O)NC(C)C)S(=O)(=O)c1ccc(C)c(F)c1. The average molecular weight is 316 g/mol. The maximum atomic E-state index is 13.5. The van der Waals surface area contributed by atoms with Gasteiger partial charge in [-0.05, 0) is 38.5 Å². The van der Waals surface area contributed by atoms with Crippen molar-refractivity contribution in [1.29, 1.82) is 0 Å². The molecule has 0 aliphatic rings. The molecule has 1 aromatic rings. The Morgan fingerprint density at radius 3 is 2.48 bits per heavy atom. The van der Waals surface area contributed by atoms with Crippen LogP contribution in [0.2, 0.25) is 0 Å². The van der Waals surface area contributed by atoms with E-state index in [1.54, 1.807) is 27.7 Å². The smallest absolute Gasteiger partial charge is 0.243 e. The van der Waals surface area contributed by atoms with E-state index in [0.717, 1.165) is 10.4 Å². The predicted molar refractivity (Wildman–Crippen MR) is 78.8 cm³/mol.